The molecule has 1 rings (SSSR count). The minimum Gasteiger partial charge on any atom is -0.299 e. The number of carbonyl (C=O) groups excluding carboxylic acids is 1. The predicted molar refractivity (Wildman–Crippen MR) is 62.6 cm³/mol. The van der Waals surface area contributed by atoms with Crippen LogP contribution >= 0.6 is 31.9 Å². The molecular weight excluding hydrogens is 296 g/mol. The average Bonchev–Trinajstić information content (AvgIpc) is 2.00. The van der Waals surface area contributed by atoms with Gasteiger partial charge in [0.1, 0.15) is 5.78 Å². The molecule has 0 aliphatic heterocycles. The number of hydrogen-bond donors (Lipinski definition) is 0. The Morgan fingerprint density at radius 3 is 2.62 bits per heavy atom. The Bertz CT molecular complexity index is 249. The fourth-order valence-electron chi connectivity index (χ4n) is 1.52. The molecule has 0 bridgehead atoms. The van der Waals surface area contributed by atoms with Crippen LogP contribution in [-0.4, -0.2) is 14.9 Å². The van der Waals surface area contributed by atoms with Crippen LogP contribution in [0.4, 0.5) is 0 Å². The van der Waals surface area contributed by atoms with Crippen molar-refractivity contribution < 1.29 is 4.79 Å². The summed E-state index contributed by atoms with van der Waals surface area (Å²) >= 11 is 7.16. The van der Waals surface area contributed by atoms with Crippen LogP contribution in [0.3, 0.4) is 0 Å². The Labute approximate surface area is 96.2 Å². The maximum absolute atomic E-state index is 11.6. The van der Waals surface area contributed by atoms with E-state index in [0.717, 1.165) is 12.0 Å². The van der Waals surface area contributed by atoms with Crippen molar-refractivity contribution in [3.8, 4) is 0 Å². The van der Waals surface area contributed by atoms with Crippen LogP contribution < -0.4 is 0 Å². The number of hydrogen-bond acceptors (Lipinski definition) is 1. The topological polar surface area (TPSA) is 17.1 Å². The van der Waals surface area contributed by atoms with E-state index in [1.165, 1.54) is 0 Å². The molecule has 3 atom stereocenters. The lowest BCUT2D eigenvalue weighted by atomic mass is 9.79. The first-order valence-electron chi connectivity index (χ1n) is 4.38. The Morgan fingerprint density at radius 1 is 1.69 bits per heavy atom. The molecule has 1 nitrogen and oxygen atoms in total. The van der Waals surface area contributed by atoms with Crippen molar-refractivity contribution in [2.24, 2.45) is 5.92 Å². The SMILES string of the molecule is C=C(C)C1(Br)CC(=O)C(C)C(Br)C1. The van der Waals surface area contributed by atoms with Gasteiger partial charge in [0, 0.05) is 17.2 Å². The highest BCUT2D eigenvalue weighted by molar-refractivity contribution is 9.10. The van der Waals surface area contributed by atoms with E-state index in [1.54, 1.807) is 0 Å². The van der Waals surface area contributed by atoms with Crippen molar-refractivity contribution in [1.29, 1.82) is 0 Å². The molecule has 74 valence electrons. The molecule has 1 saturated carbocycles. The minimum atomic E-state index is -0.176. The Balaban J connectivity index is 2.85. The molecule has 0 spiro atoms. The standard InChI is InChI=1S/C10H14Br2O/c1-6(2)10(12)4-8(11)7(3)9(13)5-10/h7-8H,1,4-5H2,2-3H3. The van der Waals surface area contributed by atoms with Gasteiger partial charge < -0.3 is 0 Å². The third-order valence-corrected chi connectivity index (χ3v) is 5.19. The predicted octanol–water partition coefficient (Wildman–Crippen LogP) is 3.46. The zero-order valence-corrected chi connectivity index (χ0v) is 11.1. The molecule has 0 aromatic heterocycles. The molecule has 13 heavy (non-hydrogen) atoms. The smallest absolute Gasteiger partial charge is 0.138 e. The van der Waals surface area contributed by atoms with Gasteiger partial charge in [-0.2, -0.15) is 0 Å². The van der Waals surface area contributed by atoms with Crippen LogP contribution in [0.1, 0.15) is 26.7 Å². The van der Waals surface area contributed by atoms with Crippen LogP contribution in [0.5, 0.6) is 0 Å². The van der Waals surface area contributed by atoms with Crippen molar-refractivity contribution >= 4 is 37.6 Å². The lowest BCUT2D eigenvalue weighted by molar-refractivity contribution is -0.124. The van der Waals surface area contributed by atoms with E-state index < -0.39 is 0 Å². The molecule has 1 aliphatic rings. The van der Waals surface area contributed by atoms with Crippen molar-refractivity contribution in [2.75, 3.05) is 0 Å². The monoisotopic (exact) mass is 308 g/mol. The van der Waals surface area contributed by atoms with E-state index in [0.29, 0.717) is 12.2 Å². The fourth-order valence-corrected chi connectivity index (χ4v) is 3.43. The van der Waals surface area contributed by atoms with E-state index >= 15 is 0 Å². The molecule has 0 radical (unpaired) electrons. The molecule has 1 fully saturated rings. The number of rotatable bonds is 1. The van der Waals surface area contributed by atoms with E-state index in [2.05, 4.69) is 38.4 Å². The minimum absolute atomic E-state index is 0.130. The first-order chi connectivity index (χ1) is 5.87. The summed E-state index contributed by atoms with van der Waals surface area (Å²) in [5.41, 5.74) is 1.04. The normalized spacial score (nSPS) is 40.5. The van der Waals surface area contributed by atoms with Gasteiger partial charge in [-0.25, -0.2) is 0 Å². The van der Waals surface area contributed by atoms with Crippen LogP contribution in [0.15, 0.2) is 12.2 Å². The van der Waals surface area contributed by atoms with E-state index in [4.69, 9.17) is 0 Å². The molecule has 3 heteroatoms. The summed E-state index contributed by atoms with van der Waals surface area (Å²) in [4.78, 5) is 11.9. The summed E-state index contributed by atoms with van der Waals surface area (Å²) in [6.45, 7) is 7.87. The Kier molecular flexibility index (Phi) is 3.39. The quantitative estimate of drug-likeness (QED) is 0.535. The third-order valence-electron chi connectivity index (χ3n) is 2.79. The zero-order valence-electron chi connectivity index (χ0n) is 7.94. The molecule has 3 unspecified atom stereocenters. The Hall–Kier alpha value is 0.370. The van der Waals surface area contributed by atoms with Gasteiger partial charge in [0.25, 0.3) is 0 Å². The fraction of sp³-hybridized carbons (Fsp3) is 0.700. The van der Waals surface area contributed by atoms with Crippen LogP contribution in [0, 0.1) is 5.92 Å². The van der Waals surface area contributed by atoms with Gasteiger partial charge in [0.15, 0.2) is 0 Å². The summed E-state index contributed by atoms with van der Waals surface area (Å²) in [6.07, 6.45) is 1.51. The second kappa shape index (κ2) is 3.85. The van der Waals surface area contributed by atoms with Crippen molar-refractivity contribution in [3.05, 3.63) is 12.2 Å². The lowest BCUT2D eigenvalue weighted by Crippen LogP contribution is -2.40. The Morgan fingerprint density at radius 2 is 2.23 bits per heavy atom. The second-order valence-electron chi connectivity index (χ2n) is 3.90. The van der Waals surface area contributed by atoms with Gasteiger partial charge >= 0.3 is 0 Å². The average molecular weight is 310 g/mol. The summed E-state index contributed by atoms with van der Waals surface area (Å²) in [6, 6.07) is 0. The van der Waals surface area contributed by atoms with Crippen LogP contribution in [0.25, 0.3) is 0 Å². The van der Waals surface area contributed by atoms with Crippen LogP contribution in [-0.2, 0) is 4.79 Å². The van der Waals surface area contributed by atoms with Crippen molar-refractivity contribution in [3.63, 3.8) is 0 Å². The summed E-state index contributed by atoms with van der Waals surface area (Å²) in [5.74, 6) is 0.443. The number of alkyl halides is 2. The molecule has 0 saturated heterocycles. The first kappa shape index (κ1) is 11.4. The molecule has 0 aromatic carbocycles. The van der Waals surface area contributed by atoms with Gasteiger partial charge in [0.05, 0.1) is 4.32 Å². The first-order valence-corrected chi connectivity index (χ1v) is 6.09. The van der Waals surface area contributed by atoms with Gasteiger partial charge in [-0.15, -0.1) is 0 Å². The molecule has 0 heterocycles. The molecule has 0 N–H and O–H groups in total. The highest BCUT2D eigenvalue weighted by Gasteiger charge is 2.41. The highest BCUT2D eigenvalue weighted by Crippen LogP contribution is 2.43. The van der Waals surface area contributed by atoms with Crippen LogP contribution in [0.2, 0.25) is 0 Å². The number of allylic oxidation sites excluding steroid dienone is 1. The largest absolute Gasteiger partial charge is 0.299 e. The number of Topliss-reactive ketones (excluding diaryl/α,β-unsaturated/α-hetero) is 1. The zero-order chi connectivity index (χ0) is 10.2. The van der Waals surface area contributed by atoms with E-state index in [-0.39, 0.29) is 15.1 Å². The molecule has 0 amide bonds. The number of ketones is 1. The van der Waals surface area contributed by atoms with Gasteiger partial charge in [0.2, 0.25) is 0 Å². The van der Waals surface area contributed by atoms with E-state index in [1.807, 2.05) is 13.8 Å². The van der Waals surface area contributed by atoms with Crippen molar-refractivity contribution in [2.45, 2.75) is 35.8 Å². The van der Waals surface area contributed by atoms with E-state index in [9.17, 15) is 4.79 Å². The molecule has 1 aliphatic carbocycles. The number of halogens is 2. The molecular formula is C10H14Br2O. The summed E-state index contributed by atoms with van der Waals surface area (Å²) in [5, 5.41) is 0. The third kappa shape index (κ3) is 2.24. The lowest BCUT2D eigenvalue weighted by Gasteiger charge is -2.37. The van der Waals surface area contributed by atoms with Crippen molar-refractivity contribution in [1.82, 2.24) is 0 Å². The summed E-state index contributed by atoms with van der Waals surface area (Å²) in [7, 11) is 0. The maximum Gasteiger partial charge on any atom is 0.138 e. The van der Waals surface area contributed by atoms with Gasteiger partial charge in [-0.05, 0) is 13.3 Å². The molecule has 0 aromatic rings. The van der Waals surface area contributed by atoms with Gasteiger partial charge in [-0.3, -0.25) is 4.79 Å². The highest BCUT2D eigenvalue weighted by atomic mass is 79.9. The number of carbonyl (C=O) groups is 1. The van der Waals surface area contributed by atoms with Gasteiger partial charge in [-0.1, -0.05) is 50.9 Å². The maximum atomic E-state index is 11.6. The summed E-state index contributed by atoms with van der Waals surface area (Å²) < 4.78 is -0.176. The second-order valence-corrected chi connectivity index (χ2v) is 6.59.